The monoisotopic (exact) mass is 303 g/mol. The lowest BCUT2D eigenvalue weighted by Gasteiger charge is -2.16. The van der Waals surface area contributed by atoms with Crippen LogP contribution in [-0.4, -0.2) is 28.3 Å². The number of nitrogens with zero attached hydrogens (tertiary/aromatic N) is 1. The van der Waals surface area contributed by atoms with Crippen molar-refractivity contribution < 1.29 is 9.90 Å². The van der Waals surface area contributed by atoms with E-state index in [1.165, 1.54) is 4.88 Å². The predicted octanol–water partition coefficient (Wildman–Crippen LogP) is 2.76. The van der Waals surface area contributed by atoms with E-state index in [-0.39, 0.29) is 12.6 Å². The number of aliphatic hydroxyl groups excluding tert-OH is 1. The van der Waals surface area contributed by atoms with Gasteiger partial charge in [0.1, 0.15) is 5.69 Å². The molecule has 2 heterocycles. The normalized spacial score (nSPS) is 15.5. The summed E-state index contributed by atoms with van der Waals surface area (Å²) in [5, 5.41) is 14.9. The highest BCUT2D eigenvalue weighted by atomic mass is 32.1. The minimum absolute atomic E-state index is 0.0234. The molecule has 1 aliphatic rings. The molecule has 5 nitrogen and oxygen atoms in total. The van der Waals surface area contributed by atoms with E-state index < -0.39 is 5.54 Å². The van der Waals surface area contributed by atoms with Crippen LogP contribution < -0.4 is 10.6 Å². The van der Waals surface area contributed by atoms with Gasteiger partial charge in [-0.2, -0.15) is 0 Å². The third kappa shape index (κ3) is 3.06. The van der Waals surface area contributed by atoms with Crippen molar-refractivity contribution in [2.75, 3.05) is 11.9 Å². The molecule has 2 aromatic rings. The number of hydrogen-bond acceptors (Lipinski definition) is 4. The van der Waals surface area contributed by atoms with Crippen LogP contribution in [0, 0.1) is 6.92 Å². The van der Waals surface area contributed by atoms with Crippen LogP contribution in [0.2, 0.25) is 0 Å². The number of aliphatic hydroxyl groups is 1. The number of amides is 2. The molecule has 3 N–H and O–H groups in total. The number of carbonyl (C=O) groups excluding carboxylic acids is 1. The Balaban J connectivity index is 1.78. The average Bonchev–Trinajstić information content (AvgIpc) is 3.11. The maximum Gasteiger partial charge on any atom is 0.319 e. The molecule has 2 amide bonds. The Labute approximate surface area is 127 Å². The summed E-state index contributed by atoms with van der Waals surface area (Å²) >= 11 is 1.64. The van der Waals surface area contributed by atoms with Crippen molar-refractivity contribution in [3.63, 3.8) is 0 Å². The van der Waals surface area contributed by atoms with Crippen LogP contribution in [0.3, 0.4) is 0 Å². The number of aryl methyl sites for hydroxylation is 1. The molecule has 21 heavy (non-hydrogen) atoms. The first kappa shape index (κ1) is 14.0. The molecule has 3 rings (SSSR count). The van der Waals surface area contributed by atoms with E-state index in [9.17, 15) is 9.90 Å². The number of carbonyl (C=O) groups is 1. The van der Waals surface area contributed by atoms with Crippen molar-refractivity contribution in [2.24, 2.45) is 0 Å². The van der Waals surface area contributed by atoms with Crippen molar-refractivity contribution >= 4 is 23.1 Å². The molecule has 2 aromatic heterocycles. The van der Waals surface area contributed by atoms with Crippen LogP contribution in [0.5, 0.6) is 0 Å². The number of aromatic nitrogens is 1. The zero-order valence-electron chi connectivity index (χ0n) is 11.7. The first-order valence-electron chi connectivity index (χ1n) is 6.84. The van der Waals surface area contributed by atoms with Gasteiger partial charge in [-0.05, 0) is 44.0 Å². The van der Waals surface area contributed by atoms with E-state index >= 15 is 0 Å². The molecular weight excluding hydrogens is 286 g/mol. The van der Waals surface area contributed by atoms with Crippen LogP contribution in [0.1, 0.15) is 17.7 Å². The van der Waals surface area contributed by atoms with E-state index in [2.05, 4.69) is 15.6 Å². The minimum Gasteiger partial charge on any atom is -0.394 e. The van der Waals surface area contributed by atoms with E-state index in [1.54, 1.807) is 23.6 Å². The Bertz CT molecular complexity index is 664. The van der Waals surface area contributed by atoms with Gasteiger partial charge in [-0.15, -0.1) is 11.3 Å². The summed E-state index contributed by atoms with van der Waals surface area (Å²) in [7, 11) is 0. The van der Waals surface area contributed by atoms with Crippen LogP contribution >= 0.6 is 11.3 Å². The maximum absolute atomic E-state index is 12.1. The summed E-state index contributed by atoms with van der Waals surface area (Å²) in [5.74, 6) is 0. The summed E-state index contributed by atoms with van der Waals surface area (Å²) in [4.78, 5) is 18.6. The first-order chi connectivity index (χ1) is 10.1. The molecule has 0 bridgehead atoms. The van der Waals surface area contributed by atoms with Gasteiger partial charge in [0.05, 0.1) is 22.7 Å². The fourth-order valence-corrected chi connectivity index (χ4v) is 3.01. The number of anilines is 1. The molecular formula is C15H17N3O2S. The second kappa shape index (κ2) is 5.46. The smallest absolute Gasteiger partial charge is 0.319 e. The molecule has 1 saturated carbocycles. The zero-order chi connectivity index (χ0) is 14.9. The second-order valence-electron chi connectivity index (χ2n) is 5.33. The van der Waals surface area contributed by atoms with Crippen LogP contribution in [0.4, 0.5) is 10.5 Å². The van der Waals surface area contributed by atoms with Gasteiger partial charge < -0.3 is 15.7 Å². The van der Waals surface area contributed by atoms with E-state index in [1.807, 2.05) is 25.1 Å². The molecule has 0 aromatic carbocycles. The Hall–Kier alpha value is -1.92. The van der Waals surface area contributed by atoms with Gasteiger partial charge in [0.15, 0.2) is 0 Å². The van der Waals surface area contributed by atoms with Gasteiger partial charge in [0.2, 0.25) is 0 Å². The molecule has 0 radical (unpaired) electrons. The third-order valence-corrected chi connectivity index (χ3v) is 4.57. The fourth-order valence-electron chi connectivity index (χ4n) is 2.13. The predicted molar refractivity (Wildman–Crippen MR) is 83.5 cm³/mol. The van der Waals surface area contributed by atoms with Gasteiger partial charge in [0, 0.05) is 11.1 Å². The number of nitrogens with one attached hydrogen (secondary N) is 2. The summed E-state index contributed by atoms with van der Waals surface area (Å²) < 4.78 is 0. The van der Waals surface area contributed by atoms with Crippen molar-refractivity contribution in [2.45, 2.75) is 25.3 Å². The van der Waals surface area contributed by atoms with Crippen molar-refractivity contribution in [1.29, 1.82) is 0 Å². The quantitative estimate of drug-likeness (QED) is 0.813. The minimum atomic E-state index is -0.425. The van der Waals surface area contributed by atoms with E-state index in [0.717, 1.165) is 23.4 Å². The summed E-state index contributed by atoms with van der Waals surface area (Å²) in [5.41, 5.74) is 1.01. The van der Waals surface area contributed by atoms with Crippen molar-refractivity contribution in [3.8, 4) is 10.6 Å². The molecule has 0 aliphatic heterocycles. The number of rotatable bonds is 4. The van der Waals surface area contributed by atoms with Crippen LogP contribution in [-0.2, 0) is 0 Å². The second-order valence-corrected chi connectivity index (χ2v) is 6.62. The number of hydrogen-bond donors (Lipinski definition) is 3. The molecule has 0 saturated heterocycles. The van der Waals surface area contributed by atoms with Crippen molar-refractivity contribution in [1.82, 2.24) is 10.3 Å². The van der Waals surface area contributed by atoms with Gasteiger partial charge in [-0.3, -0.25) is 4.98 Å². The molecule has 6 heteroatoms. The highest BCUT2D eigenvalue weighted by Gasteiger charge is 2.43. The van der Waals surface area contributed by atoms with Crippen LogP contribution in [0.15, 0.2) is 30.5 Å². The highest BCUT2D eigenvalue weighted by molar-refractivity contribution is 7.15. The lowest BCUT2D eigenvalue weighted by Crippen LogP contribution is -2.42. The highest BCUT2D eigenvalue weighted by Crippen LogP contribution is 2.35. The standard InChI is InChI=1S/C15H17N3O2S/c1-10-4-5-12(21-10)13-11(3-2-8-16-13)17-14(20)18-15(9-19)6-7-15/h2-5,8,19H,6-7,9H2,1H3,(H2,17,18,20). The Morgan fingerprint density at radius 2 is 2.24 bits per heavy atom. The number of thiophene rings is 1. The average molecular weight is 303 g/mol. The molecule has 0 atom stereocenters. The SMILES string of the molecule is Cc1ccc(-c2ncccc2NC(=O)NC2(CO)CC2)s1. The van der Waals surface area contributed by atoms with Crippen molar-refractivity contribution in [3.05, 3.63) is 35.3 Å². The molecule has 1 aliphatic carbocycles. The van der Waals surface area contributed by atoms with Crippen LogP contribution in [0.25, 0.3) is 10.6 Å². The molecule has 110 valence electrons. The summed E-state index contributed by atoms with van der Waals surface area (Å²) in [6, 6.07) is 7.35. The molecule has 0 unspecified atom stereocenters. The van der Waals surface area contributed by atoms with Gasteiger partial charge in [-0.1, -0.05) is 0 Å². The largest absolute Gasteiger partial charge is 0.394 e. The zero-order valence-corrected chi connectivity index (χ0v) is 12.5. The number of pyridine rings is 1. The Morgan fingerprint density at radius 3 is 2.86 bits per heavy atom. The lowest BCUT2D eigenvalue weighted by atomic mass is 10.2. The summed E-state index contributed by atoms with van der Waals surface area (Å²) in [6.45, 7) is 2.01. The van der Waals surface area contributed by atoms with E-state index in [0.29, 0.717) is 5.69 Å². The summed E-state index contributed by atoms with van der Waals surface area (Å²) in [6.07, 6.45) is 3.35. The maximum atomic E-state index is 12.1. The first-order valence-corrected chi connectivity index (χ1v) is 7.65. The van der Waals surface area contributed by atoms with Gasteiger partial charge in [0.25, 0.3) is 0 Å². The molecule has 1 fully saturated rings. The Kier molecular flexibility index (Phi) is 3.65. The van der Waals surface area contributed by atoms with Gasteiger partial charge >= 0.3 is 6.03 Å². The third-order valence-electron chi connectivity index (χ3n) is 3.56. The van der Waals surface area contributed by atoms with E-state index in [4.69, 9.17) is 0 Å². The topological polar surface area (TPSA) is 74.2 Å². The lowest BCUT2D eigenvalue weighted by molar-refractivity contribution is 0.217. The number of urea groups is 1. The van der Waals surface area contributed by atoms with Gasteiger partial charge in [-0.25, -0.2) is 4.79 Å². The molecule has 0 spiro atoms. The Morgan fingerprint density at radius 1 is 1.43 bits per heavy atom. The fraction of sp³-hybridized carbons (Fsp3) is 0.333.